The number of esters is 2. The van der Waals surface area contributed by atoms with Crippen LogP contribution in [0.5, 0.6) is 5.75 Å². The van der Waals surface area contributed by atoms with Crippen LogP contribution < -0.4 is 4.52 Å². The van der Waals surface area contributed by atoms with Gasteiger partial charge in [-0.05, 0) is 62.7 Å². The van der Waals surface area contributed by atoms with E-state index in [1.807, 2.05) is 58.9 Å². The predicted octanol–water partition coefficient (Wildman–Crippen LogP) is 6.97. The van der Waals surface area contributed by atoms with Crippen LogP contribution >= 0.6 is 7.60 Å². The molecule has 1 atom stereocenters. The first kappa shape index (κ1) is 29.9. The van der Waals surface area contributed by atoms with E-state index in [1.54, 1.807) is 20.8 Å². The molecule has 0 spiro atoms. The fourth-order valence-electron chi connectivity index (χ4n) is 2.98. The molecule has 0 N–H and O–H groups in total. The molecule has 0 radical (unpaired) electrons. The van der Waals surface area contributed by atoms with Gasteiger partial charge in [0.1, 0.15) is 12.4 Å². The lowest BCUT2D eigenvalue weighted by atomic mass is 9.94. The predicted molar refractivity (Wildman–Crippen MR) is 134 cm³/mol. The third kappa shape index (κ3) is 10.0. The Morgan fingerprint density at radius 3 is 2.03 bits per heavy atom. The molecule has 34 heavy (non-hydrogen) atoms. The third-order valence-corrected chi connectivity index (χ3v) is 6.77. The van der Waals surface area contributed by atoms with Crippen molar-refractivity contribution in [1.29, 1.82) is 0 Å². The van der Waals surface area contributed by atoms with Crippen LogP contribution in [0.1, 0.15) is 91.7 Å². The Morgan fingerprint density at radius 1 is 1.00 bits per heavy atom. The number of allylic oxidation sites excluding steroid dienone is 1. The van der Waals surface area contributed by atoms with Gasteiger partial charge in [-0.3, -0.25) is 14.1 Å². The highest BCUT2D eigenvalue weighted by atomic mass is 31.2. The molecule has 0 amide bonds. The molecule has 192 valence electrons. The fraction of sp³-hybridized carbons (Fsp3) is 0.615. The van der Waals surface area contributed by atoms with E-state index >= 15 is 0 Å². The van der Waals surface area contributed by atoms with Gasteiger partial charge in [0.2, 0.25) is 6.79 Å². The Morgan fingerprint density at radius 2 is 1.56 bits per heavy atom. The Labute approximate surface area is 204 Å². The molecular formula is C26H41O7P. The summed E-state index contributed by atoms with van der Waals surface area (Å²) in [7, 11) is -3.71. The number of carbonyl (C=O) groups is 2. The minimum atomic E-state index is -3.71. The molecule has 1 unspecified atom stereocenters. The van der Waals surface area contributed by atoms with Crippen molar-refractivity contribution in [2.75, 3.05) is 19.6 Å². The smallest absolute Gasteiger partial charge is 0.382 e. The van der Waals surface area contributed by atoms with Crippen LogP contribution in [0.15, 0.2) is 29.8 Å². The summed E-state index contributed by atoms with van der Waals surface area (Å²) in [5, 5.41) is 0. The van der Waals surface area contributed by atoms with E-state index in [1.165, 1.54) is 6.92 Å². The lowest BCUT2D eigenvalue weighted by Gasteiger charge is -2.25. The summed E-state index contributed by atoms with van der Waals surface area (Å²) in [4.78, 5) is 23.2. The standard InChI is InChI=1S/C26H41O7P/c1-18(2)22-13-10-14-23(19(3)4)24(22)33-34(29,32-17-31-25(28)26(7,8)9)15-11-12-20(5)16-30-21(6)27/h10,12-14,18-19H,11,15-17H2,1-9H3/b20-12+. The van der Waals surface area contributed by atoms with E-state index < -0.39 is 25.8 Å². The molecule has 0 aromatic heterocycles. The molecule has 0 aliphatic heterocycles. The maximum atomic E-state index is 13.9. The summed E-state index contributed by atoms with van der Waals surface area (Å²) in [6, 6.07) is 5.88. The average molecular weight is 497 g/mol. The number of rotatable bonds is 12. The second-order valence-corrected chi connectivity index (χ2v) is 12.2. The zero-order valence-corrected chi connectivity index (χ0v) is 23.0. The van der Waals surface area contributed by atoms with Crippen molar-refractivity contribution in [1.82, 2.24) is 0 Å². The molecule has 0 saturated carbocycles. The minimum absolute atomic E-state index is 0.0709. The van der Waals surface area contributed by atoms with E-state index in [0.717, 1.165) is 16.7 Å². The zero-order chi connectivity index (χ0) is 26.1. The first-order valence-corrected chi connectivity index (χ1v) is 13.4. The van der Waals surface area contributed by atoms with Gasteiger partial charge in [-0.1, -0.05) is 52.0 Å². The normalized spacial score (nSPS) is 14.1. The van der Waals surface area contributed by atoms with Crippen molar-refractivity contribution in [2.24, 2.45) is 5.41 Å². The third-order valence-electron chi connectivity index (χ3n) is 5.00. The van der Waals surface area contributed by atoms with E-state index in [2.05, 4.69) is 0 Å². The Hall–Kier alpha value is -2.11. The molecule has 0 aliphatic carbocycles. The summed E-state index contributed by atoms with van der Waals surface area (Å²) in [5.41, 5.74) is 1.98. The highest BCUT2D eigenvalue weighted by Crippen LogP contribution is 2.52. The molecule has 1 aromatic rings. The van der Waals surface area contributed by atoms with Crippen LogP contribution in [0.3, 0.4) is 0 Å². The highest BCUT2D eigenvalue weighted by molar-refractivity contribution is 7.54. The van der Waals surface area contributed by atoms with Crippen LogP contribution in [-0.2, 0) is 28.2 Å². The second kappa shape index (κ2) is 13.1. The number of hydrogen-bond donors (Lipinski definition) is 0. The summed E-state index contributed by atoms with van der Waals surface area (Å²) in [6.45, 7) is 16.2. The molecule has 8 heteroatoms. The monoisotopic (exact) mass is 496 g/mol. The van der Waals surface area contributed by atoms with Gasteiger partial charge in [0.15, 0.2) is 0 Å². The van der Waals surface area contributed by atoms with Gasteiger partial charge in [0.05, 0.1) is 11.6 Å². The van der Waals surface area contributed by atoms with Gasteiger partial charge in [0.25, 0.3) is 0 Å². The molecule has 0 aliphatic rings. The molecule has 0 heterocycles. The quantitative estimate of drug-likeness (QED) is 0.134. The second-order valence-electron chi connectivity index (χ2n) is 10.0. The largest absolute Gasteiger partial charge is 0.461 e. The maximum absolute atomic E-state index is 13.9. The van der Waals surface area contributed by atoms with Gasteiger partial charge in [0, 0.05) is 6.92 Å². The Bertz CT molecular complexity index is 884. The maximum Gasteiger partial charge on any atom is 0.382 e. The summed E-state index contributed by atoms with van der Waals surface area (Å²) >= 11 is 0. The van der Waals surface area contributed by atoms with Crippen LogP contribution in [0, 0.1) is 5.41 Å². The average Bonchev–Trinajstić information content (AvgIpc) is 2.71. The van der Waals surface area contributed by atoms with E-state index in [4.69, 9.17) is 18.5 Å². The Balaban J connectivity index is 3.17. The molecule has 0 fully saturated rings. The highest BCUT2D eigenvalue weighted by Gasteiger charge is 2.31. The van der Waals surface area contributed by atoms with Crippen molar-refractivity contribution >= 4 is 19.5 Å². The first-order chi connectivity index (χ1) is 15.7. The summed E-state index contributed by atoms with van der Waals surface area (Å²) in [6.07, 6.45) is 2.28. The topological polar surface area (TPSA) is 88.1 Å². The molecular weight excluding hydrogens is 455 g/mol. The van der Waals surface area contributed by atoms with Crippen molar-refractivity contribution in [3.8, 4) is 5.75 Å². The number of carbonyl (C=O) groups excluding carboxylic acids is 2. The van der Waals surface area contributed by atoms with Gasteiger partial charge < -0.3 is 14.0 Å². The lowest BCUT2D eigenvalue weighted by molar-refractivity contribution is -0.159. The van der Waals surface area contributed by atoms with Gasteiger partial charge in [-0.25, -0.2) is 4.57 Å². The molecule has 7 nitrogen and oxygen atoms in total. The summed E-state index contributed by atoms with van der Waals surface area (Å²) < 4.78 is 35.8. The minimum Gasteiger partial charge on any atom is -0.461 e. The first-order valence-electron chi connectivity index (χ1n) is 11.7. The zero-order valence-electron chi connectivity index (χ0n) is 22.1. The molecule has 1 rings (SSSR count). The van der Waals surface area contributed by atoms with E-state index in [0.29, 0.717) is 12.2 Å². The van der Waals surface area contributed by atoms with Crippen LogP contribution in [0.4, 0.5) is 0 Å². The van der Waals surface area contributed by atoms with E-state index in [-0.39, 0.29) is 30.6 Å². The van der Waals surface area contributed by atoms with Crippen molar-refractivity contribution in [3.05, 3.63) is 41.0 Å². The van der Waals surface area contributed by atoms with Crippen molar-refractivity contribution < 1.29 is 32.7 Å². The van der Waals surface area contributed by atoms with Gasteiger partial charge in [-0.2, -0.15) is 0 Å². The van der Waals surface area contributed by atoms with Crippen molar-refractivity contribution in [2.45, 2.75) is 80.6 Å². The fourth-order valence-corrected chi connectivity index (χ4v) is 4.40. The molecule has 0 saturated heterocycles. The van der Waals surface area contributed by atoms with Crippen LogP contribution in [0.25, 0.3) is 0 Å². The Kier molecular flexibility index (Phi) is 11.5. The SMILES string of the molecule is CC(=O)OC/C(C)=C/CCP(=O)(OCOC(=O)C(C)(C)C)Oc1c(C(C)C)cccc1C(C)C. The lowest BCUT2D eigenvalue weighted by Crippen LogP contribution is -2.24. The number of benzene rings is 1. The number of para-hydroxylation sites is 1. The summed E-state index contributed by atoms with van der Waals surface area (Å²) in [5.74, 6) is 0.0240. The molecule has 0 bridgehead atoms. The van der Waals surface area contributed by atoms with Crippen molar-refractivity contribution in [3.63, 3.8) is 0 Å². The molecule has 1 aromatic carbocycles. The van der Waals surface area contributed by atoms with Gasteiger partial charge >= 0.3 is 19.5 Å². The number of ether oxygens (including phenoxy) is 2. The number of hydrogen-bond acceptors (Lipinski definition) is 7. The van der Waals surface area contributed by atoms with Gasteiger partial charge in [-0.15, -0.1) is 0 Å². The van der Waals surface area contributed by atoms with Crippen LogP contribution in [-0.4, -0.2) is 31.5 Å². The van der Waals surface area contributed by atoms with E-state index in [9.17, 15) is 14.2 Å². The van der Waals surface area contributed by atoms with Crippen LogP contribution in [0.2, 0.25) is 0 Å².